The minimum absolute atomic E-state index is 0.0730. The van der Waals surface area contributed by atoms with Crippen LogP contribution in [0.15, 0.2) is 27.4 Å². The Hall–Kier alpha value is -1.90. The number of benzene rings is 1. The van der Waals surface area contributed by atoms with Gasteiger partial charge in [0.05, 0.1) is 10.9 Å². The highest BCUT2D eigenvalue weighted by atomic mass is 16.4. The van der Waals surface area contributed by atoms with Crippen LogP contribution in [0.4, 0.5) is 0 Å². The summed E-state index contributed by atoms with van der Waals surface area (Å²) in [7, 11) is 0. The first-order valence-electron chi connectivity index (χ1n) is 6.47. The van der Waals surface area contributed by atoms with E-state index < -0.39 is 0 Å². The number of carbonyl (C=O) groups is 1. The van der Waals surface area contributed by atoms with E-state index in [-0.39, 0.29) is 16.8 Å². The quantitative estimate of drug-likeness (QED) is 0.726. The van der Waals surface area contributed by atoms with Gasteiger partial charge >= 0.3 is 5.63 Å². The molecule has 0 aliphatic heterocycles. The molecule has 0 spiro atoms. The molecule has 1 aromatic heterocycles. The summed E-state index contributed by atoms with van der Waals surface area (Å²) in [6.45, 7) is 5.96. The predicted octanol–water partition coefficient (Wildman–Crippen LogP) is 3.26. The van der Waals surface area contributed by atoms with Gasteiger partial charge in [-0.3, -0.25) is 4.79 Å². The molecule has 1 aliphatic rings. The molecule has 98 valence electrons. The summed E-state index contributed by atoms with van der Waals surface area (Å²) in [6.07, 6.45) is 1.13. The third-order valence-corrected chi connectivity index (χ3v) is 3.72. The first-order chi connectivity index (χ1) is 8.87. The van der Waals surface area contributed by atoms with Crippen molar-refractivity contribution in [2.45, 2.75) is 33.6 Å². The lowest BCUT2D eigenvalue weighted by molar-refractivity contribution is 0.0900. The molecular formula is C16H16O3. The predicted molar refractivity (Wildman–Crippen MR) is 73.7 cm³/mol. The van der Waals surface area contributed by atoms with Crippen LogP contribution < -0.4 is 5.63 Å². The molecule has 0 atom stereocenters. The van der Waals surface area contributed by atoms with Gasteiger partial charge in [0.15, 0.2) is 5.78 Å². The maximum absolute atomic E-state index is 12.3. The molecule has 0 saturated heterocycles. The van der Waals surface area contributed by atoms with Crippen molar-refractivity contribution < 1.29 is 9.21 Å². The zero-order valence-electron chi connectivity index (χ0n) is 11.4. The van der Waals surface area contributed by atoms with Gasteiger partial charge < -0.3 is 4.42 Å². The molecule has 0 N–H and O–H groups in total. The van der Waals surface area contributed by atoms with Crippen LogP contribution in [0.5, 0.6) is 0 Å². The van der Waals surface area contributed by atoms with Crippen LogP contribution in [0.3, 0.4) is 0 Å². The maximum atomic E-state index is 12.3. The van der Waals surface area contributed by atoms with Gasteiger partial charge in [-0.25, -0.2) is 4.79 Å². The molecule has 3 rings (SSSR count). The number of hydrogen-bond acceptors (Lipinski definition) is 3. The molecule has 0 bridgehead atoms. The van der Waals surface area contributed by atoms with Crippen molar-refractivity contribution in [1.29, 1.82) is 0 Å². The summed E-state index contributed by atoms with van der Waals surface area (Å²) >= 11 is 0. The molecule has 1 heterocycles. The van der Waals surface area contributed by atoms with E-state index in [9.17, 15) is 9.59 Å². The minimum atomic E-state index is -0.344. The fourth-order valence-corrected chi connectivity index (χ4v) is 2.86. The minimum Gasteiger partial charge on any atom is -0.427 e. The Labute approximate surface area is 111 Å². The van der Waals surface area contributed by atoms with Gasteiger partial charge in [0.1, 0.15) is 5.76 Å². The summed E-state index contributed by atoms with van der Waals surface area (Å²) in [5.41, 5.74) is 1.11. The second-order valence-corrected chi connectivity index (χ2v) is 6.18. The van der Waals surface area contributed by atoms with Gasteiger partial charge in [-0.1, -0.05) is 31.5 Å². The fourth-order valence-electron chi connectivity index (χ4n) is 2.86. The highest BCUT2D eigenvalue weighted by molar-refractivity contribution is 6.09. The standard InChI is InChI=1S/C16H16O3/c1-9-4-5-10-11(6-9)15(18)19-13-8-16(2,3)7-12(17)14(10)13/h4-6H,7-8H2,1-3H3. The molecule has 3 heteroatoms. The van der Waals surface area contributed by atoms with E-state index in [1.165, 1.54) is 0 Å². The largest absolute Gasteiger partial charge is 0.427 e. The summed E-state index contributed by atoms with van der Waals surface area (Å²) in [6, 6.07) is 5.57. The van der Waals surface area contributed by atoms with Crippen molar-refractivity contribution >= 4 is 16.6 Å². The topological polar surface area (TPSA) is 47.3 Å². The summed E-state index contributed by atoms with van der Waals surface area (Å²) in [4.78, 5) is 24.4. The normalized spacial score (nSPS) is 17.5. The highest BCUT2D eigenvalue weighted by Crippen LogP contribution is 2.36. The van der Waals surface area contributed by atoms with Gasteiger partial charge in [0.25, 0.3) is 0 Å². The lowest BCUT2D eigenvalue weighted by Gasteiger charge is -2.29. The van der Waals surface area contributed by atoms with E-state index in [0.29, 0.717) is 29.6 Å². The number of ketones is 1. The summed E-state index contributed by atoms with van der Waals surface area (Å²) in [5, 5.41) is 1.24. The fraction of sp³-hybridized carbons (Fsp3) is 0.375. The first-order valence-corrected chi connectivity index (χ1v) is 6.47. The molecule has 19 heavy (non-hydrogen) atoms. The summed E-state index contributed by atoms with van der Waals surface area (Å²) in [5.74, 6) is 0.617. The molecular weight excluding hydrogens is 240 g/mol. The molecule has 0 fully saturated rings. The van der Waals surface area contributed by atoms with Crippen LogP contribution in [-0.2, 0) is 6.42 Å². The van der Waals surface area contributed by atoms with Crippen LogP contribution in [-0.4, -0.2) is 5.78 Å². The van der Waals surface area contributed by atoms with Crippen molar-refractivity contribution in [2.24, 2.45) is 5.41 Å². The van der Waals surface area contributed by atoms with E-state index in [2.05, 4.69) is 0 Å². The van der Waals surface area contributed by atoms with E-state index in [1.807, 2.05) is 32.9 Å². The van der Waals surface area contributed by atoms with E-state index in [0.717, 1.165) is 10.9 Å². The van der Waals surface area contributed by atoms with Gasteiger partial charge in [-0.05, 0) is 18.4 Å². The number of hydrogen-bond donors (Lipinski definition) is 0. The van der Waals surface area contributed by atoms with Crippen LogP contribution in [0.1, 0.15) is 41.9 Å². The molecule has 0 amide bonds. The van der Waals surface area contributed by atoms with E-state index >= 15 is 0 Å². The Kier molecular flexibility index (Phi) is 2.43. The third kappa shape index (κ3) is 1.89. The Morgan fingerprint density at radius 2 is 1.84 bits per heavy atom. The van der Waals surface area contributed by atoms with Crippen molar-refractivity contribution in [2.75, 3.05) is 0 Å². The zero-order valence-corrected chi connectivity index (χ0v) is 11.4. The first kappa shape index (κ1) is 12.2. The van der Waals surface area contributed by atoms with Crippen molar-refractivity contribution in [3.63, 3.8) is 0 Å². The van der Waals surface area contributed by atoms with Crippen molar-refractivity contribution in [3.05, 3.63) is 45.5 Å². The van der Waals surface area contributed by atoms with E-state index in [1.54, 1.807) is 6.07 Å². The number of rotatable bonds is 0. The van der Waals surface area contributed by atoms with Gasteiger partial charge in [0, 0.05) is 18.2 Å². The Morgan fingerprint density at radius 3 is 2.58 bits per heavy atom. The molecule has 0 unspecified atom stereocenters. The number of aryl methyl sites for hydroxylation is 1. The Balaban J connectivity index is 2.39. The van der Waals surface area contributed by atoms with Crippen molar-refractivity contribution in [1.82, 2.24) is 0 Å². The molecule has 0 saturated carbocycles. The lowest BCUT2D eigenvalue weighted by Crippen LogP contribution is -2.28. The van der Waals surface area contributed by atoms with Gasteiger partial charge in [0.2, 0.25) is 0 Å². The van der Waals surface area contributed by atoms with Crippen LogP contribution >= 0.6 is 0 Å². The molecule has 2 aromatic rings. The number of fused-ring (bicyclic) bond motifs is 3. The van der Waals surface area contributed by atoms with Crippen LogP contribution in [0.25, 0.3) is 10.8 Å². The monoisotopic (exact) mass is 256 g/mol. The zero-order chi connectivity index (χ0) is 13.8. The van der Waals surface area contributed by atoms with Gasteiger partial charge in [-0.2, -0.15) is 0 Å². The number of carbonyl (C=O) groups excluding carboxylic acids is 1. The average molecular weight is 256 g/mol. The molecule has 1 aliphatic carbocycles. The Bertz CT molecular complexity index is 750. The average Bonchev–Trinajstić information content (AvgIpc) is 2.27. The smallest absolute Gasteiger partial charge is 0.343 e. The molecule has 1 aromatic carbocycles. The molecule has 3 nitrogen and oxygen atoms in total. The van der Waals surface area contributed by atoms with Crippen LogP contribution in [0.2, 0.25) is 0 Å². The number of Topliss-reactive ketones (excluding diaryl/α,β-unsaturated/α-hetero) is 1. The SMILES string of the molecule is Cc1ccc2c3c(oc(=O)c2c1)CC(C)(C)CC3=O. The highest BCUT2D eigenvalue weighted by Gasteiger charge is 2.34. The third-order valence-electron chi connectivity index (χ3n) is 3.72. The maximum Gasteiger partial charge on any atom is 0.343 e. The van der Waals surface area contributed by atoms with Crippen molar-refractivity contribution in [3.8, 4) is 0 Å². The molecule has 0 radical (unpaired) electrons. The lowest BCUT2D eigenvalue weighted by atomic mass is 9.75. The Morgan fingerprint density at radius 1 is 1.11 bits per heavy atom. The summed E-state index contributed by atoms with van der Waals surface area (Å²) < 4.78 is 5.40. The second-order valence-electron chi connectivity index (χ2n) is 6.18. The van der Waals surface area contributed by atoms with E-state index in [4.69, 9.17) is 4.42 Å². The van der Waals surface area contributed by atoms with Gasteiger partial charge in [-0.15, -0.1) is 0 Å². The second kappa shape index (κ2) is 3.80. The van der Waals surface area contributed by atoms with Crippen LogP contribution in [0, 0.1) is 12.3 Å².